The van der Waals surface area contributed by atoms with Gasteiger partial charge in [0.25, 0.3) is 5.56 Å². The van der Waals surface area contributed by atoms with E-state index in [1.165, 1.54) is 4.57 Å². The van der Waals surface area contributed by atoms with E-state index in [0.717, 1.165) is 0 Å². The maximum atomic E-state index is 12.7. The number of nitrogens with one attached hydrogen (secondary N) is 2. The van der Waals surface area contributed by atoms with Gasteiger partial charge in [0.05, 0.1) is 18.8 Å². The molecule has 3 fully saturated rings. The van der Waals surface area contributed by atoms with E-state index in [1.807, 2.05) is 0 Å². The van der Waals surface area contributed by atoms with Crippen LogP contribution in [0.2, 0.25) is 22.2 Å². The van der Waals surface area contributed by atoms with Crippen molar-refractivity contribution >= 4 is 17.1 Å². The van der Waals surface area contributed by atoms with Crippen LogP contribution < -0.4 is 16.6 Å². The van der Waals surface area contributed by atoms with Crippen LogP contribution in [0.25, 0.3) is 0 Å². The standard InChI is InChI=1S/C23H41N3O6Si2/c1-13(2)33(14(3)4)29-12-23-11-24-18(19(23)31-34(32-33,15(5)6)16(7)8)21(30-23)26-10-17(9)20(27)25-22(26)28/h10,13-16,18-19,21,24H,11-12H2,1-9H3,(H,25,27,28)/t18-,19-,21+,23+/m0/s1. The first-order valence-electron chi connectivity index (χ1n) is 12.5. The lowest BCUT2D eigenvalue weighted by Crippen LogP contribution is -2.67. The van der Waals surface area contributed by atoms with Gasteiger partial charge in [0.2, 0.25) is 0 Å². The molecule has 0 saturated carbocycles. The number of nitrogens with zero attached hydrogens (tertiary/aromatic N) is 1. The van der Waals surface area contributed by atoms with Crippen LogP contribution in [0.5, 0.6) is 0 Å². The third-order valence-electron chi connectivity index (χ3n) is 7.96. The summed E-state index contributed by atoms with van der Waals surface area (Å²) >= 11 is 0. The molecule has 3 aliphatic heterocycles. The summed E-state index contributed by atoms with van der Waals surface area (Å²) in [6.07, 6.45) is 0.649. The maximum Gasteiger partial charge on any atom is 0.335 e. The zero-order valence-corrected chi connectivity index (χ0v) is 23.9. The average molecular weight is 512 g/mol. The van der Waals surface area contributed by atoms with Gasteiger partial charge in [-0.3, -0.25) is 14.3 Å². The zero-order chi connectivity index (χ0) is 25.2. The Balaban J connectivity index is 1.84. The number of hydrogen-bond acceptors (Lipinski definition) is 7. The Bertz CT molecular complexity index is 1020. The lowest BCUT2D eigenvalue weighted by atomic mass is 10.0. The molecule has 2 bridgehead atoms. The van der Waals surface area contributed by atoms with Crippen LogP contribution in [-0.4, -0.2) is 57.6 Å². The van der Waals surface area contributed by atoms with Gasteiger partial charge in [-0.2, -0.15) is 0 Å². The number of aromatic nitrogens is 2. The Morgan fingerprint density at radius 2 is 1.59 bits per heavy atom. The van der Waals surface area contributed by atoms with Crippen molar-refractivity contribution in [2.45, 2.75) is 108 Å². The minimum Gasteiger partial charge on any atom is -0.414 e. The fraction of sp³-hybridized carbons (Fsp3) is 0.826. The smallest absolute Gasteiger partial charge is 0.335 e. The fourth-order valence-corrected chi connectivity index (χ4v) is 17.3. The lowest BCUT2D eigenvalue weighted by molar-refractivity contribution is -0.137. The minimum atomic E-state index is -2.81. The number of morpholine rings is 1. The van der Waals surface area contributed by atoms with E-state index >= 15 is 0 Å². The molecule has 4 rings (SSSR count). The molecule has 192 valence electrons. The summed E-state index contributed by atoms with van der Waals surface area (Å²) in [6, 6.07) is -0.258. The number of rotatable bonds is 5. The van der Waals surface area contributed by atoms with E-state index in [0.29, 0.717) is 18.7 Å². The number of aromatic amines is 1. The maximum absolute atomic E-state index is 12.7. The van der Waals surface area contributed by atoms with E-state index < -0.39 is 34.6 Å². The Hall–Kier alpha value is -1.09. The molecule has 0 aliphatic carbocycles. The fourth-order valence-electron chi connectivity index (χ4n) is 6.00. The van der Waals surface area contributed by atoms with E-state index in [9.17, 15) is 9.59 Å². The molecule has 34 heavy (non-hydrogen) atoms. The van der Waals surface area contributed by atoms with E-state index in [-0.39, 0.29) is 39.9 Å². The summed E-state index contributed by atoms with van der Waals surface area (Å²) < 4.78 is 29.5. The Kier molecular flexibility index (Phi) is 6.72. The summed E-state index contributed by atoms with van der Waals surface area (Å²) in [6.45, 7) is 20.2. The van der Waals surface area contributed by atoms with Crippen LogP contribution in [0, 0.1) is 6.92 Å². The van der Waals surface area contributed by atoms with E-state index in [2.05, 4.69) is 65.7 Å². The molecule has 9 nitrogen and oxygen atoms in total. The summed E-state index contributed by atoms with van der Waals surface area (Å²) in [5.74, 6) is 0. The quantitative estimate of drug-likeness (QED) is 0.586. The molecule has 11 heteroatoms. The van der Waals surface area contributed by atoms with E-state index in [4.69, 9.17) is 17.7 Å². The Morgan fingerprint density at radius 3 is 2.15 bits per heavy atom. The SMILES string of the molecule is Cc1cn([C@@H]2O[C@@]34CN[C@H]2[C@@H]3O[Si](C(C)C)(C(C)C)O[Si](C(C)C)(C(C)C)OC4)c(=O)[nH]c1=O. The molecular weight excluding hydrogens is 470 g/mol. The second-order valence-electron chi connectivity index (χ2n) is 11.4. The van der Waals surface area contributed by atoms with Crippen molar-refractivity contribution in [3.63, 3.8) is 0 Å². The van der Waals surface area contributed by atoms with Gasteiger partial charge in [-0.25, -0.2) is 4.79 Å². The summed E-state index contributed by atoms with van der Waals surface area (Å²) in [7, 11) is -5.51. The zero-order valence-electron chi connectivity index (χ0n) is 21.9. The topological polar surface area (TPSA) is 104 Å². The molecule has 1 aromatic heterocycles. The molecule has 3 aliphatic rings. The van der Waals surface area contributed by atoms with Crippen molar-refractivity contribution in [3.8, 4) is 0 Å². The molecule has 0 spiro atoms. The van der Waals surface area contributed by atoms with Crippen LogP contribution in [0.1, 0.15) is 67.2 Å². The van der Waals surface area contributed by atoms with Gasteiger partial charge in [0.1, 0.15) is 5.60 Å². The van der Waals surface area contributed by atoms with Gasteiger partial charge in [-0.1, -0.05) is 55.4 Å². The van der Waals surface area contributed by atoms with Gasteiger partial charge < -0.3 is 23.0 Å². The lowest BCUT2D eigenvalue weighted by Gasteiger charge is -2.52. The number of H-pyrrole nitrogens is 1. The van der Waals surface area contributed by atoms with Gasteiger partial charge in [0, 0.05) is 18.3 Å². The van der Waals surface area contributed by atoms with Crippen LogP contribution in [0.3, 0.4) is 0 Å². The highest BCUT2D eigenvalue weighted by atomic mass is 28.5. The van der Waals surface area contributed by atoms with Gasteiger partial charge >= 0.3 is 22.8 Å². The number of hydrogen-bond donors (Lipinski definition) is 2. The predicted octanol–water partition coefficient (Wildman–Crippen LogP) is 3.04. The minimum absolute atomic E-state index is 0.201. The molecule has 0 unspecified atom stereocenters. The molecule has 0 amide bonds. The van der Waals surface area contributed by atoms with Crippen molar-refractivity contribution < 1.29 is 17.7 Å². The molecule has 1 aromatic rings. The summed E-state index contributed by atoms with van der Waals surface area (Å²) in [4.78, 5) is 27.1. The van der Waals surface area contributed by atoms with Crippen molar-refractivity contribution in [2.75, 3.05) is 13.2 Å². The van der Waals surface area contributed by atoms with Crippen LogP contribution in [0.15, 0.2) is 15.8 Å². The van der Waals surface area contributed by atoms with Crippen molar-refractivity contribution in [1.82, 2.24) is 14.9 Å². The Labute approximate surface area is 204 Å². The van der Waals surface area contributed by atoms with Gasteiger partial charge in [0.15, 0.2) is 6.23 Å². The number of aryl methyl sites for hydroxylation is 1. The van der Waals surface area contributed by atoms with Gasteiger partial charge in [-0.05, 0) is 29.1 Å². The van der Waals surface area contributed by atoms with Crippen LogP contribution in [0.4, 0.5) is 0 Å². The summed E-state index contributed by atoms with van der Waals surface area (Å²) in [5.41, 5.74) is -0.266. The predicted molar refractivity (Wildman–Crippen MR) is 135 cm³/mol. The largest absolute Gasteiger partial charge is 0.414 e. The molecule has 2 N–H and O–H groups in total. The first kappa shape index (κ1) is 26.0. The molecule has 4 heterocycles. The normalized spacial score (nSPS) is 32.4. The van der Waals surface area contributed by atoms with E-state index in [1.54, 1.807) is 13.1 Å². The van der Waals surface area contributed by atoms with Crippen molar-refractivity contribution in [2.24, 2.45) is 0 Å². The molecule has 0 radical (unpaired) electrons. The number of ether oxygens (including phenoxy) is 1. The third kappa shape index (κ3) is 3.75. The molecule has 3 saturated heterocycles. The summed E-state index contributed by atoms with van der Waals surface area (Å²) in [5, 5.41) is 3.56. The third-order valence-corrected chi connectivity index (χ3v) is 18.2. The second-order valence-corrected chi connectivity index (χ2v) is 20.3. The molecule has 0 aromatic carbocycles. The highest BCUT2D eigenvalue weighted by Crippen LogP contribution is 2.52. The van der Waals surface area contributed by atoms with Crippen LogP contribution in [-0.2, 0) is 17.7 Å². The van der Waals surface area contributed by atoms with Crippen LogP contribution >= 0.6 is 0 Å². The van der Waals surface area contributed by atoms with Crippen molar-refractivity contribution in [3.05, 3.63) is 32.6 Å². The first-order chi connectivity index (χ1) is 15.8. The Morgan fingerprint density at radius 1 is 1.00 bits per heavy atom. The highest BCUT2D eigenvalue weighted by Gasteiger charge is 2.68. The first-order valence-corrected chi connectivity index (χ1v) is 16.5. The molecular formula is C23H41N3O6Si2. The average Bonchev–Trinajstić information content (AvgIpc) is 3.21. The monoisotopic (exact) mass is 511 g/mol. The molecule has 4 atom stereocenters. The van der Waals surface area contributed by atoms with Crippen molar-refractivity contribution in [1.29, 1.82) is 0 Å². The van der Waals surface area contributed by atoms with Gasteiger partial charge in [-0.15, -0.1) is 0 Å². The highest BCUT2D eigenvalue weighted by molar-refractivity contribution is 6.84. The second kappa shape index (κ2) is 8.79.